The van der Waals surface area contributed by atoms with Crippen LogP contribution in [-0.2, 0) is 0 Å². The third-order valence-corrected chi connectivity index (χ3v) is 2.18. The molecule has 2 rings (SSSR count). The molecule has 0 unspecified atom stereocenters. The van der Waals surface area contributed by atoms with Crippen molar-refractivity contribution in [3.05, 3.63) is 48.8 Å². The summed E-state index contributed by atoms with van der Waals surface area (Å²) in [6, 6.07) is 12.2. The van der Waals surface area contributed by atoms with Crippen LogP contribution in [0.5, 0.6) is 0 Å². The average Bonchev–Trinajstić information content (AvgIpc) is 2.30. The van der Waals surface area contributed by atoms with Crippen LogP contribution >= 0.6 is 12.4 Å². The Morgan fingerprint density at radius 3 is 2.47 bits per heavy atom. The molecule has 0 bridgehead atoms. The summed E-state index contributed by atoms with van der Waals surface area (Å²) in [7, 11) is 1.92. The molecule has 2 aromatic rings. The number of benzene rings is 1. The van der Waals surface area contributed by atoms with Gasteiger partial charge in [-0.1, -0.05) is 30.3 Å². The minimum absolute atomic E-state index is 0. The summed E-state index contributed by atoms with van der Waals surface area (Å²) in [6.45, 7) is 0. The van der Waals surface area contributed by atoms with Gasteiger partial charge in [-0.25, -0.2) is 0 Å². The molecule has 0 radical (unpaired) electrons. The lowest BCUT2D eigenvalue weighted by Gasteiger charge is -2.07. The SMILES string of the molecule is CNc1ccncc1-c1ccccc1.Cl. The first kappa shape index (κ1) is 11.5. The van der Waals surface area contributed by atoms with E-state index in [1.165, 1.54) is 5.56 Å². The number of halogens is 1. The summed E-state index contributed by atoms with van der Waals surface area (Å²) in [6.07, 6.45) is 3.67. The maximum atomic E-state index is 4.13. The summed E-state index contributed by atoms with van der Waals surface area (Å²) >= 11 is 0. The Morgan fingerprint density at radius 2 is 1.80 bits per heavy atom. The molecule has 0 aliphatic heterocycles. The molecule has 2 nitrogen and oxygen atoms in total. The summed E-state index contributed by atoms with van der Waals surface area (Å²) in [5.74, 6) is 0. The monoisotopic (exact) mass is 220 g/mol. The van der Waals surface area contributed by atoms with Crippen molar-refractivity contribution in [2.45, 2.75) is 0 Å². The molecule has 0 saturated carbocycles. The lowest BCUT2D eigenvalue weighted by Crippen LogP contribution is -1.92. The van der Waals surface area contributed by atoms with Crippen molar-refractivity contribution in [3.8, 4) is 11.1 Å². The van der Waals surface area contributed by atoms with Crippen LogP contribution in [0.25, 0.3) is 11.1 Å². The summed E-state index contributed by atoms with van der Waals surface area (Å²) < 4.78 is 0. The van der Waals surface area contributed by atoms with Crippen LogP contribution in [0.3, 0.4) is 0 Å². The fraction of sp³-hybridized carbons (Fsp3) is 0.0833. The molecule has 0 atom stereocenters. The second-order valence-corrected chi connectivity index (χ2v) is 3.04. The van der Waals surface area contributed by atoms with E-state index in [0.29, 0.717) is 0 Å². The average molecular weight is 221 g/mol. The largest absolute Gasteiger partial charge is 0.388 e. The predicted octanol–water partition coefficient (Wildman–Crippen LogP) is 3.21. The number of nitrogens with zero attached hydrogens (tertiary/aromatic N) is 1. The van der Waals surface area contributed by atoms with Crippen LogP contribution in [0.15, 0.2) is 48.8 Å². The number of nitrogens with one attached hydrogen (secondary N) is 1. The minimum atomic E-state index is 0. The maximum absolute atomic E-state index is 4.13. The molecule has 78 valence electrons. The molecular weight excluding hydrogens is 208 g/mol. The molecule has 0 saturated heterocycles. The van der Waals surface area contributed by atoms with Gasteiger partial charge in [-0.2, -0.15) is 0 Å². The first-order valence-corrected chi connectivity index (χ1v) is 4.59. The Morgan fingerprint density at radius 1 is 1.07 bits per heavy atom. The summed E-state index contributed by atoms with van der Waals surface area (Å²) in [5.41, 5.74) is 3.42. The van der Waals surface area contributed by atoms with Crippen molar-refractivity contribution in [3.63, 3.8) is 0 Å². The van der Waals surface area contributed by atoms with Crippen molar-refractivity contribution in [2.24, 2.45) is 0 Å². The van der Waals surface area contributed by atoms with Crippen LogP contribution < -0.4 is 5.32 Å². The van der Waals surface area contributed by atoms with Crippen molar-refractivity contribution < 1.29 is 0 Å². The smallest absolute Gasteiger partial charge is 0.0448 e. The molecule has 1 aromatic heterocycles. The van der Waals surface area contributed by atoms with E-state index in [1.54, 1.807) is 6.20 Å². The zero-order valence-electron chi connectivity index (χ0n) is 8.47. The topological polar surface area (TPSA) is 24.9 Å². The van der Waals surface area contributed by atoms with Gasteiger partial charge in [0.05, 0.1) is 0 Å². The van der Waals surface area contributed by atoms with Gasteiger partial charge in [0.2, 0.25) is 0 Å². The molecular formula is C12H13ClN2. The van der Waals surface area contributed by atoms with Crippen molar-refractivity contribution in [1.29, 1.82) is 0 Å². The van der Waals surface area contributed by atoms with E-state index >= 15 is 0 Å². The van der Waals surface area contributed by atoms with Gasteiger partial charge < -0.3 is 5.32 Å². The highest BCUT2D eigenvalue weighted by atomic mass is 35.5. The molecule has 1 N–H and O–H groups in total. The normalized spacial score (nSPS) is 9.13. The third-order valence-electron chi connectivity index (χ3n) is 2.18. The van der Waals surface area contributed by atoms with Crippen molar-refractivity contribution in [2.75, 3.05) is 12.4 Å². The van der Waals surface area contributed by atoms with Gasteiger partial charge in [0.15, 0.2) is 0 Å². The minimum Gasteiger partial charge on any atom is -0.388 e. The van der Waals surface area contributed by atoms with Crippen LogP contribution in [-0.4, -0.2) is 12.0 Å². The number of hydrogen-bond acceptors (Lipinski definition) is 2. The molecule has 1 heterocycles. The zero-order chi connectivity index (χ0) is 9.80. The van der Waals surface area contributed by atoms with Crippen molar-refractivity contribution in [1.82, 2.24) is 4.98 Å². The first-order valence-electron chi connectivity index (χ1n) is 4.59. The number of rotatable bonds is 2. The summed E-state index contributed by atoms with van der Waals surface area (Å²) in [5, 5.41) is 3.15. The van der Waals surface area contributed by atoms with Gasteiger partial charge in [-0.15, -0.1) is 12.4 Å². The number of pyridine rings is 1. The molecule has 15 heavy (non-hydrogen) atoms. The van der Waals surface area contributed by atoms with Crippen LogP contribution in [0.2, 0.25) is 0 Å². The standard InChI is InChI=1S/C12H12N2.ClH/c1-13-12-7-8-14-9-11(12)10-5-3-2-4-6-10;/h2-9H,1H3,(H,13,14);1H. The zero-order valence-corrected chi connectivity index (χ0v) is 9.29. The Kier molecular flexibility index (Phi) is 4.13. The lowest BCUT2D eigenvalue weighted by molar-refractivity contribution is 1.32. The predicted molar refractivity (Wildman–Crippen MR) is 66.5 cm³/mol. The fourth-order valence-corrected chi connectivity index (χ4v) is 1.46. The molecule has 1 aromatic carbocycles. The van der Waals surface area contributed by atoms with Gasteiger partial charge >= 0.3 is 0 Å². The number of hydrogen-bond donors (Lipinski definition) is 1. The van der Waals surface area contributed by atoms with Crippen molar-refractivity contribution >= 4 is 18.1 Å². The number of anilines is 1. The third kappa shape index (κ3) is 2.48. The van der Waals surface area contributed by atoms with Gasteiger partial charge in [0.25, 0.3) is 0 Å². The van der Waals surface area contributed by atoms with E-state index in [4.69, 9.17) is 0 Å². The van der Waals surface area contributed by atoms with Gasteiger partial charge in [-0.3, -0.25) is 4.98 Å². The lowest BCUT2D eigenvalue weighted by atomic mass is 10.1. The van der Waals surface area contributed by atoms with E-state index < -0.39 is 0 Å². The van der Waals surface area contributed by atoms with Gasteiger partial charge in [0, 0.05) is 30.7 Å². The summed E-state index contributed by atoms with van der Waals surface area (Å²) in [4.78, 5) is 4.13. The van der Waals surface area contributed by atoms with E-state index in [2.05, 4.69) is 22.4 Å². The van der Waals surface area contributed by atoms with E-state index in [9.17, 15) is 0 Å². The Labute approximate surface area is 95.8 Å². The van der Waals surface area contributed by atoms with E-state index in [0.717, 1.165) is 11.3 Å². The second-order valence-electron chi connectivity index (χ2n) is 3.04. The molecule has 0 aliphatic rings. The van der Waals surface area contributed by atoms with E-state index in [1.807, 2.05) is 37.5 Å². The Hall–Kier alpha value is -1.54. The second kappa shape index (κ2) is 5.37. The molecule has 0 amide bonds. The van der Waals surface area contributed by atoms with Crippen LogP contribution in [0.4, 0.5) is 5.69 Å². The van der Waals surface area contributed by atoms with Crippen LogP contribution in [0.1, 0.15) is 0 Å². The molecule has 3 heteroatoms. The highest BCUT2D eigenvalue weighted by Crippen LogP contribution is 2.25. The highest BCUT2D eigenvalue weighted by Gasteiger charge is 2.01. The Balaban J connectivity index is 0.00000112. The molecule has 0 spiro atoms. The molecule has 0 aliphatic carbocycles. The highest BCUT2D eigenvalue weighted by molar-refractivity contribution is 5.85. The first-order chi connectivity index (χ1) is 6.92. The van der Waals surface area contributed by atoms with Gasteiger partial charge in [-0.05, 0) is 11.6 Å². The van der Waals surface area contributed by atoms with E-state index in [-0.39, 0.29) is 12.4 Å². The quantitative estimate of drug-likeness (QED) is 0.841. The van der Waals surface area contributed by atoms with Crippen LogP contribution in [0, 0.1) is 0 Å². The fourth-order valence-electron chi connectivity index (χ4n) is 1.46. The number of aromatic nitrogens is 1. The Bertz CT molecular complexity index is 415. The maximum Gasteiger partial charge on any atom is 0.0448 e. The van der Waals surface area contributed by atoms with Gasteiger partial charge in [0.1, 0.15) is 0 Å². The molecule has 0 fully saturated rings.